The van der Waals surface area contributed by atoms with Gasteiger partial charge in [0, 0.05) is 18.4 Å². The topological polar surface area (TPSA) is 84.9 Å². The van der Waals surface area contributed by atoms with Crippen LogP contribution < -0.4 is 10.1 Å². The van der Waals surface area contributed by atoms with Gasteiger partial charge in [0.05, 0.1) is 6.42 Å². The zero-order valence-corrected chi connectivity index (χ0v) is 19.4. The third kappa shape index (κ3) is 5.39. The lowest BCUT2D eigenvalue weighted by Gasteiger charge is -2.50. The summed E-state index contributed by atoms with van der Waals surface area (Å²) in [6, 6.07) is 16.4. The van der Waals surface area contributed by atoms with E-state index in [1.165, 1.54) is 6.92 Å². The van der Waals surface area contributed by atoms with Crippen LogP contribution in [0.2, 0.25) is 0 Å². The summed E-state index contributed by atoms with van der Waals surface area (Å²) in [7, 11) is 0. The third-order valence-corrected chi connectivity index (χ3v) is 6.99. The lowest BCUT2D eigenvalue weighted by atomic mass is 10.0. The number of hydrogen-bond acceptors (Lipinski definition) is 6. The van der Waals surface area contributed by atoms with E-state index in [9.17, 15) is 14.4 Å². The molecule has 2 unspecified atom stereocenters. The van der Waals surface area contributed by atoms with Crippen LogP contribution in [0.5, 0.6) is 5.75 Å². The van der Waals surface area contributed by atoms with Crippen molar-refractivity contribution < 1.29 is 23.9 Å². The molecule has 7 nitrogen and oxygen atoms in total. The summed E-state index contributed by atoms with van der Waals surface area (Å²) < 4.78 is 10.9. The number of rotatable bonds is 8. The number of benzene rings is 2. The molecule has 2 aromatic rings. The van der Waals surface area contributed by atoms with Crippen molar-refractivity contribution in [1.29, 1.82) is 0 Å². The van der Waals surface area contributed by atoms with Gasteiger partial charge in [-0.1, -0.05) is 42.5 Å². The highest BCUT2D eigenvalue weighted by Crippen LogP contribution is 2.40. The summed E-state index contributed by atoms with van der Waals surface area (Å²) in [4.78, 5) is 37.8. The second kappa shape index (κ2) is 10.1. The Bertz CT molecular complexity index is 1070. The van der Waals surface area contributed by atoms with E-state index in [1.54, 1.807) is 16.7 Å². The fourth-order valence-corrected chi connectivity index (χ4v) is 5.23. The predicted octanol–water partition coefficient (Wildman–Crippen LogP) is 3.05. The Morgan fingerprint density at radius 2 is 1.79 bits per heavy atom. The van der Waals surface area contributed by atoms with Crippen LogP contribution in [0.4, 0.5) is 0 Å². The smallest absolute Gasteiger partial charge is 0.302 e. The molecule has 2 amide bonds. The van der Waals surface area contributed by atoms with Gasteiger partial charge in [0.2, 0.25) is 5.91 Å². The number of fused-ring (bicyclic) bond motifs is 1. The summed E-state index contributed by atoms with van der Waals surface area (Å²) >= 11 is 1.64. The number of amides is 2. The van der Waals surface area contributed by atoms with Crippen LogP contribution in [-0.2, 0) is 32.1 Å². The Labute approximate surface area is 197 Å². The first kappa shape index (κ1) is 22.9. The number of allylic oxidation sites excluding steroid dienone is 1. The first-order valence-corrected chi connectivity index (χ1v) is 11.8. The predicted molar refractivity (Wildman–Crippen MR) is 125 cm³/mol. The van der Waals surface area contributed by atoms with Gasteiger partial charge >= 0.3 is 5.97 Å². The first-order valence-electron chi connectivity index (χ1n) is 10.7. The van der Waals surface area contributed by atoms with E-state index in [1.807, 2.05) is 61.5 Å². The van der Waals surface area contributed by atoms with Crippen LogP contribution in [0.3, 0.4) is 0 Å². The van der Waals surface area contributed by atoms with Crippen molar-refractivity contribution in [2.24, 2.45) is 0 Å². The van der Waals surface area contributed by atoms with Crippen molar-refractivity contribution in [1.82, 2.24) is 10.2 Å². The highest BCUT2D eigenvalue weighted by atomic mass is 32.2. The van der Waals surface area contributed by atoms with Crippen LogP contribution >= 0.6 is 11.8 Å². The molecule has 172 valence electrons. The first-order chi connectivity index (χ1) is 15.9. The third-order valence-electron chi connectivity index (χ3n) is 5.65. The Balaban J connectivity index is 1.30. The molecule has 33 heavy (non-hydrogen) atoms. The summed E-state index contributed by atoms with van der Waals surface area (Å²) in [6.45, 7) is 3.92. The Morgan fingerprint density at radius 1 is 1.06 bits per heavy atom. The van der Waals surface area contributed by atoms with Gasteiger partial charge in [0.1, 0.15) is 30.4 Å². The fourth-order valence-electron chi connectivity index (χ4n) is 3.77. The number of esters is 1. The van der Waals surface area contributed by atoms with Crippen LogP contribution in [0.15, 0.2) is 65.9 Å². The number of carbonyl (C=O) groups excluding carboxylic acids is 3. The molecule has 2 aliphatic heterocycles. The van der Waals surface area contributed by atoms with E-state index in [4.69, 9.17) is 9.47 Å². The number of nitrogens with zero attached hydrogens (tertiary/aromatic N) is 1. The summed E-state index contributed by atoms with van der Waals surface area (Å²) in [6.07, 6.45) is 0.260. The minimum atomic E-state index is -0.492. The summed E-state index contributed by atoms with van der Waals surface area (Å²) in [5.74, 6) is 0.890. The molecule has 4 rings (SSSR count). The number of hydrogen-bond donors (Lipinski definition) is 1. The average molecular weight is 467 g/mol. The van der Waals surface area contributed by atoms with Crippen molar-refractivity contribution >= 4 is 29.5 Å². The van der Waals surface area contributed by atoms with Crippen molar-refractivity contribution in [2.45, 2.75) is 38.3 Å². The lowest BCUT2D eigenvalue weighted by molar-refractivity contribution is -0.145. The van der Waals surface area contributed by atoms with Crippen LogP contribution in [0, 0.1) is 0 Å². The molecule has 8 heteroatoms. The normalized spacial score (nSPS) is 19.5. The molecule has 0 aliphatic carbocycles. The standard InChI is InChI=1S/C25H26N2O5S/c1-16-20(14-32-21-10-8-19(9-11-21)13-31-17(2)28)15-33-25-23(24(30)27(16)25)26-22(29)12-18-6-4-3-5-7-18/h3-11,23,25H,12-15H2,1-2H3,(H,26,29). The second-order valence-electron chi connectivity index (χ2n) is 8.02. The van der Waals surface area contributed by atoms with Gasteiger partial charge in [-0.2, -0.15) is 0 Å². The highest BCUT2D eigenvalue weighted by Gasteiger charge is 2.51. The molecule has 0 spiro atoms. The SMILES string of the molecule is CC(=O)OCc1ccc(OCC2=C(C)N3C(=O)C(NC(=O)Cc4ccccc4)C3SC2)cc1. The lowest BCUT2D eigenvalue weighted by Crippen LogP contribution is -2.69. The van der Waals surface area contributed by atoms with Gasteiger partial charge in [-0.15, -0.1) is 11.8 Å². The molecule has 2 aromatic carbocycles. The van der Waals surface area contributed by atoms with Gasteiger partial charge in [0.15, 0.2) is 0 Å². The fraction of sp³-hybridized carbons (Fsp3) is 0.320. The zero-order valence-electron chi connectivity index (χ0n) is 18.6. The average Bonchev–Trinajstić information content (AvgIpc) is 2.81. The van der Waals surface area contributed by atoms with Gasteiger partial charge in [0.25, 0.3) is 5.91 Å². The summed E-state index contributed by atoms with van der Waals surface area (Å²) in [5.41, 5.74) is 3.74. The molecule has 0 aromatic heterocycles. The minimum Gasteiger partial charge on any atom is -0.489 e. The maximum atomic E-state index is 12.7. The van der Waals surface area contributed by atoms with Crippen LogP contribution in [-0.4, -0.2) is 46.5 Å². The number of thioether (sulfide) groups is 1. The highest BCUT2D eigenvalue weighted by molar-refractivity contribution is 8.00. The van der Waals surface area contributed by atoms with Gasteiger partial charge in [-0.05, 0) is 35.8 Å². The largest absolute Gasteiger partial charge is 0.489 e. The van der Waals surface area contributed by atoms with E-state index >= 15 is 0 Å². The van der Waals surface area contributed by atoms with Gasteiger partial charge < -0.3 is 14.8 Å². The number of carbonyl (C=O) groups is 3. The van der Waals surface area contributed by atoms with E-state index in [0.29, 0.717) is 12.4 Å². The molecular formula is C25H26N2O5S. The molecular weight excluding hydrogens is 440 g/mol. The maximum Gasteiger partial charge on any atom is 0.302 e. The van der Waals surface area contributed by atoms with Crippen molar-refractivity contribution in [3.63, 3.8) is 0 Å². The quantitative estimate of drug-likeness (QED) is 0.476. The molecule has 2 atom stereocenters. The van der Waals surface area contributed by atoms with E-state index in [2.05, 4.69) is 5.32 Å². The maximum absolute atomic E-state index is 12.7. The molecule has 0 bridgehead atoms. The molecule has 2 aliphatic rings. The molecule has 1 N–H and O–H groups in total. The number of ether oxygens (including phenoxy) is 2. The Kier molecular flexibility index (Phi) is 7.03. The molecule has 2 heterocycles. The number of nitrogens with one attached hydrogen (secondary N) is 1. The monoisotopic (exact) mass is 466 g/mol. The van der Waals surface area contributed by atoms with E-state index in [0.717, 1.165) is 28.1 Å². The second-order valence-corrected chi connectivity index (χ2v) is 9.12. The van der Waals surface area contributed by atoms with E-state index in [-0.39, 0.29) is 36.2 Å². The zero-order chi connectivity index (χ0) is 23.4. The van der Waals surface area contributed by atoms with E-state index < -0.39 is 6.04 Å². The molecule has 0 saturated carbocycles. The Hall–Kier alpha value is -3.26. The molecule has 0 radical (unpaired) electrons. The van der Waals surface area contributed by atoms with Gasteiger partial charge in [-0.3, -0.25) is 19.3 Å². The Morgan fingerprint density at radius 3 is 2.48 bits per heavy atom. The van der Waals surface area contributed by atoms with Crippen molar-refractivity contribution in [2.75, 3.05) is 12.4 Å². The van der Waals surface area contributed by atoms with Crippen molar-refractivity contribution in [3.8, 4) is 5.75 Å². The number of β-lactam (4-membered cyclic amide) rings is 1. The van der Waals surface area contributed by atoms with Crippen molar-refractivity contribution in [3.05, 3.63) is 77.0 Å². The van der Waals surface area contributed by atoms with Crippen LogP contribution in [0.25, 0.3) is 0 Å². The van der Waals surface area contributed by atoms with Crippen LogP contribution in [0.1, 0.15) is 25.0 Å². The minimum absolute atomic E-state index is 0.0819. The molecule has 1 saturated heterocycles. The summed E-state index contributed by atoms with van der Waals surface area (Å²) in [5, 5.41) is 2.81. The van der Waals surface area contributed by atoms with Gasteiger partial charge in [-0.25, -0.2) is 0 Å². The molecule has 1 fully saturated rings.